The van der Waals surface area contributed by atoms with Gasteiger partial charge in [0.05, 0.1) is 21.3 Å². The lowest BCUT2D eigenvalue weighted by atomic mass is 9.88. The summed E-state index contributed by atoms with van der Waals surface area (Å²) in [6, 6.07) is 21.9. The van der Waals surface area contributed by atoms with Crippen molar-refractivity contribution in [1.82, 2.24) is 9.80 Å². The molecule has 292 valence electrons. The van der Waals surface area contributed by atoms with Gasteiger partial charge in [0.25, 0.3) is 0 Å². The fourth-order valence-corrected chi connectivity index (χ4v) is 10.8. The molecule has 55 heavy (non-hydrogen) atoms. The van der Waals surface area contributed by atoms with Crippen molar-refractivity contribution < 1.29 is 33.2 Å². The van der Waals surface area contributed by atoms with Crippen molar-refractivity contribution in [2.24, 2.45) is 0 Å². The number of hydrogen-bond acceptors (Lipinski definition) is 11. The average Bonchev–Trinajstić information content (AvgIpc) is 3.72. The lowest BCUT2D eigenvalue weighted by Gasteiger charge is -2.35. The first-order valence-electron chi connectivity index (χ1n) is 19.2. The second-order valence-corrected chi connectivity index (χ2v) is 17.4. The molecule has 0 aliphatic carbocycles. The van der Waals surface area contributed by atoms with Gasteiger partial charge in [0, 0.05) is 48.7 Å². The highest BCUT2D eigenvalue weighted by molar-refractivity contribution is 8.77. The molecule has 1 fully saturated rings. The lowest BCUT2D eigenvalue weighted by molar-refractivity contribution is -0.134. The van der Waals surface area contributed by atoms with Crippen molar-refractivity contribution in [3.05, 3.63) is 94.5 Å². The van der Waals surface area contributed by atoms with E-state index in [-0.39, 0.29) is 12.0 Å². The first-order valence-corrected chi connectivity index (χ1v) is 21.6. The Kier molecular flexibility index (Phi) is 13.0. The number of esters is 1. The normalized spacial score (nSPS) is 18.3. The molecule has 0 spiro atoms. The molecule has 0 saturated carbocycles. The zero-order chi connectivity index (χ0) is 38.3. The van der Waals surface area contributed by atoms with Gasteiger partial charge in [0.15, 0.2) is 34.5 Å². The van der Waals surface area contributed by atoms with Crippen LogP contribution in [0.1, 0.15) is 66.0 Å². The third-order valence-electron chi connectivity index (χ3n) is 10.8. The van der Waals surface area contributed by atoms with Gasteiger partial charge in [0.2, 0.25) is 5.75 Å². The van der Waals surface area contributed by atoms with E-state index in [4.69, 9.17) is 28.4 Å². The number of para-hydroxylation sites is 1. The van der Waals surface area contributed by atoms with Crippen LogP contribution in [0.5, 0.6) is 46.0 Å². The third-order valence-corrected chi connectivity index (χ3v) is 13.8. The number of likely N-dealkylation sites (N-methyl/N-ethyl adjacent to an activating group) is 2. The topological polar surface area (TPSA) is 78.9 Å². The maximum Gasteiger partial charge on any atom is 0.311 e. The second-order valence-electron chi connectivity index (χ2n) is 14.6. The van der Waals surface area contributed by atoms with E-state index < -0.39 is 0 Å². The fraction of sp³-hybridized carbons (Fsp3) is 0.432. The largest absolute Gasteiger partial charge is 0.493 e. The molecule has 0 bridgehead atoms. The quantitative estimate of drug-likeness (QED) is 0.0501. The SMILES string of the molecule is COc1cc2c(cc1Oc1c3c(cc(OC)c1OC)CCN(C)C3)[C@@H](Cc1ccc(OC(=O)CCCC[C@H]3CCSS3)c(Oc3ccccc3)c1)N(C)CC2. The van der Waals surface area contributed by atoms with E-state index in [9.17, 15) is 4.79 Å². The number of rotatable bonds is 15. The Hall–Kier alpha value is -4.03. The predicted octanol–water partition coefficient (Wildman–Crippen LogP) is 9.68. The maximum absolute atomic E-state index is 13.0. The smallest absolute Gasteiger partial charge is 0.311 e. The molecular formula is C44H52N2O7S2. The van der Waals surface area contributed by atoms with Crippen molar-refractivity contribution in [2.75, 3.05) is 54.3 Å². The Balaban J connectivity index is 1.16. The molecule has 2 atom stereocenters. The van der Waals surface area contributed by atoms with E-state index >= 15 is 0 Å². The molecule has 3 heterocycles. The van der Waals surface area contributed by atoms with Gasteiger partial charge in [-0.3, -0.25) is 9.69 Å². The summed E-state index contributed by atoms with van der Waals surface area (Å²) in [4.78, 5) is 17.7. The molecule has 0 aromatic heterocycles. The van der Waals surface area contributed by atoms with Crippen LogP contribution in [0.15, 0.2) is 66.7 Å². The first-order chi connectivity index (χ1) is 26.8. The van der Waals surface area contributed by atoms with E-state index in [1.54, 1.807) is 21.3 Å². The number of fused-ring (bicyclic) bond motifs is 2. The molecule has 11 heteroatoms. The van der Waals surface area contributed by atoms with Gasteiger partial charge in [-0.1, -0.05) is 52.3 Å². The Bertz CT molecular complexity index is 1950. The van der Waals surface area contributed by atoms with Crippen LogP contribution >= 0.6 is 21.6 Å². The summed E-state index contributed by atoms with van der Waals surface area (Å²) in [6.45, 7) is 2.59. The van der Waals surface area contributed by atoms with Crippen LogP contribution in [0.4, 0.5) is 0 Å². The number of benzene rings is 4. The summed E-state index contributed by atoms with van der Waals surface area (Å²) in [5.41, 5.74) is 5.75. The minimum absolute atomic E-state index is 0.0404. The summed E-state index contributed by atoms with van der Waals surface area (Å²) < 4.78 is 36.8. The molecule has 9 nitrogen and oxygen atoms in total. The molecule has 4 aromatic carbocycles. The number of ether oxygens (including phenoxy) is 6. The molecule has 1 saturated heterocycles. The second kappa shape index (κ2) is 18.3. The minimum Gasteiger partial charge on any atom is -0.493 e. The van der Waals surface area contributed by atoms with Gasteiger partial charge >= 0.3 is 5.97 Å². The van der Waals surface area contributed by atoms with Crippen molar-refractivity contribution in [1.29, 1.82) is 0 Å². The van der Waals surface area contributed by atoms with E-state index in [2.05, 4.69) is 42.1 Å². The lowest BCUT2D eigenvalue weighted by Crippen LogP contribution is -2.33. The van der Waals surface area contributed by atoms with E-state index in [1.165, 1.54) is 28.9 Å². The Morgan fingerprint density at radius 3 is 2.33 bits per heavy atom. The summed E-state index contributed by atoms with van der Waals surface area (Å²) in [5.74, 6) is 5.79. The van der Waals surface area contributed by atoms with Crippen LogP contribution in [0, 0.1) is 0 Å². The van der Waals surface area contributed by atoms with E-state index in [0.29, 0.717) is 64.1 Å². The average molecular weight is 785 g/mol. The molecule has 4 aromatic rings. The van der Waals surface area contributed by atoms with Gasteiger partial charge in [-0.25, -0.2) is 0 Å². The van der Waals surface area contributed by atoms with Gasteiger partial charge < -0.3 is 33.3 Å². The molecule has 0 unspecified atom stereocenters. The molecular weight excluding hydrogens is 733 g/mol. The fourth-order valence-electron chi connectivity index (χ4n) is 7.73. The highest BCUT2D eigenvalue weighted by Gasteiger charge is 2.30. The Morgan fingerprint density at radius 2 is 1.56 bits per heavy atom. The van der Waals surface area contributed by atoms with Crippen molar-refractivity contribution in [3.8, 4) is 46.0 Å². The van der Waals surface area contributed by atoms with Gasteiger partial charge in [-0.2, -0.15) is 0 Å². The van der Waals surface area contributed by atoms with Gasteiger partial charge in [-0.05, 0) is 117 Å². The van der Waals surface area contributed by atoms with Crippen LogP contribution in [0.25, 0.3) is 0 Å². The molecule has 0 radical (unpaired) electrons. The number of nitrogens with zero attached hydrogens (tertiary/aromatic N) is 2. The highest BCUT2D eigenvalue weighted by Crippen LogP contribution is 2.49. The van der Waals surface area contributed by atoms with Crippen LogP contribution in [-0.2, 0) is 30.6 Å². The van der Waals surface area contributed by atoms with Crippen LogP contribution in [-0.4, -0.2) is 75.3 Å². The first kappa shape index (κ1) is 39.2. The van der Waals surface area contributed by atoms with Gasteiger partial charge in [-0.15, -0.1) is 0 Å². The maximum atomic E-state index is 13.0. The van der Waals surface area contributed by atoms with Crippen LogP contribution < -0.4 is 28.4 Å². The van der Waals surface area contributed by atoms with Crippen molar-refractivity contribution in [3.63, 3.8) is 0 Å². The number of methoxy groups -OCH3 is 3. The monoisotopic (exact) mass is 784 g/mol. The predicted molar refractivity (Wildman–Crippen MR) is 221 cm³/mol. The van der Waals surface area contributed by atoms with Crippen molar-refractivity contribution in [2.45, 2.75) is 69.2 Å². The molecule has 0 amide bonds. The summed E-state index contributed by atoms with van der Waals surface area (Å²) >= 11 is 0. The van der Waals surface area contributed by atoms with Crippen molar-refractivity contribution >= 4 is 27.6 Å². The summed E-state index contributed by atoms with van der Waals surface area (Å²) in [7, 11) is 13.2. The summed E-state index contributed by atoms with van der Waals surface area (Å²) in [5, 5.41) is 0.708. The Morgan fingerprint density at radius 1 is 0.782 bits per heavy atom. The standard InChI is InChI=1S/C44H52N2O7S2/c1-45-20-17-31-26-41(49-4)44(50-5)43(35(31)28-45)53-40-27-34-30(25-38(40)48-3)18-21-46(2)36(34)23-29-15-16-37(39(24-29)51-32-11-7-6-8-12-32)52-42(47)14-10-9-13-33-19-22-54-55-33/h6-8,11-12,15-16,24-27,33,36H,9-10,13-14,17-23,28H2,1-5H3/t33-,36+/m0/s1. The van der Waals surface area contributed by atoms with E-state index in [0.717, 1.165) is 62.9 Å². The minimum atomic E-state index is -0.234. The number of carbonyl (C=O) groups excluding carboxylic acids is 1. The zero-order valence-corrected chi connectivity index (χ0v) is 34.2. The van der Waals surface area contributed by atoms with Crippen LogP contribution in [0.3, 0.4) is 0 Å². The summed E-state index contributed by atoms with van der Waals surface area (Å²) in [6.07, 6.45) is 7.13. The highest BCUT2D eigenvalue weighted by atomic mass is 33.1. The molecule has 3 aliphatic heterocycles. The molecule has 3 aliphatic rings. The van der Waals surface area contributed by atoms with Crippen LogP contribution in [0.2, 0.25) is 0 Å². The van der Waals surface area contributed by atoms with E-state index in [1.807, 2.05) is 70.1 Å². The number of hydrogen-bond donors (Lipinski definition) is 0. The number of unbranched alkanes of at least 4 members (excludes halogenated alkanes) is 1. The van der Waals surface area contributed by atoms with Gasteiger partial charge in [0.1, 0.15) is 5.75 Å². The number of carbonyl (C=O) groups is 1. The molecule has 0 N–H and O–H groups in total. The Labute approximate surface area is 333 Å². The third kappa shape index (κ3) is 9.34. The zero-order valence-electron chi connectivity index (χ0n) is 32.6. The molecule has 7 rings (SSSR count).